The average molecular weight is 605 g/mol. The van der Waals surface area contributed by atoms with Crippen molar-refractivity contribution in [2.75, 3.05) is 17.0 Å². The van der Waals surface area contributed by atoms with Crippen LogP contribution in [0, 0.1) is 0 Å². The Kier molecular flexibility index (Phi) is 8.58. The largest absolute Gasteiger partial charge is 0.511 e. The van der Waals surface area contributed by atoms with E-state index in [0.29, 0.717) is 11.1 Å². The van der Waals surface area contributed by atoms with Gasteiger partial charge in [-0.1, -0.05) is 54.6 Å². The molecule has 1 heterocycles. The van der Waals surface area contributed by atoms with E-state index in [1.165, 1.54) is 18.2 Å². The zero-order valence-electron chi connectivity index (χ0n) is 22.7. The zero-order chi connectivity index (χ0) is 31.3. The van der Waals surface area contributed by atoms with E-state index in [2.05, 4.69) is 20.4 Å². The maximum Gasteiger partial charge on any atom is 0.511 e. The number of carbonyl (C=O) groups excluding carboxylic acids is 1. The Morgan fingerprint density at radius 2 is 1.66 bits per heavy atom. The number of nitrogens with one attached hydrogen (secondary N) is 1. The van der Waals surface area contributed by atoms with E-state index in [1.54, 1.807) is 24.3 Å². The molecule has 4 aromatic rings. The van der Waals surface area contributed by atoms with Gasteiger partial charge in [0, 0.05) is 5.56 Å². The van der Waals surface area contributed by atoms with Crippen LogP contribution >= 0.6 is 0 Å². The van der Waals surface area contributed by atoms with E-state index in [1.807, 2.05) is 30.3 Å². The molecule has 5 rings (SSSR count). The number of carbonyl (C=O) groups is 2. The molecule has 0 spiro atoms. The van der Waals surface area contributed by atoms with Gasteiger partial charge in [-0.3, -0.25) is 10.2 Å². The summed E-state index contributed by atoms with van der Waals surface area (Å²) >= 11 is 0. The summed E-state index contributed by atoms with van der Waals surface area (Å²) in [6, 6.07) is 23.9. The van der Waals surface area contributed by atoms with Gasteiger partial charge in [0.2, 0.25) is 0 Å². The third-order valence-electron chi connectivity index (χ3n) is 6.35. The predicted octanol–water partition coefficient (Wildman–Crippen LogP) is 6.52. The number of hydrogen-bond acceptors (Lipinski definition) is 8. The van der Waals surface area contributed by atoms with Gasteiger partial charge in [-0.05, 0) is 53.6 Å². The third kappa shape index (κ3) is 6.85. The number of halogens is 3. The van der Waals surface area contributed by atoms with Crippen molar-refractivity contribution in [3.63, 3.8) is 0 Å². The van der Waals surface area contributed by atoms with Crippen LogP contribution in [0.4, 0.5) is 29.3 Å². The lowest BCUT2D eigenvalue weighted by atomic mass is 10.0. The Morgan fingerprint density at radius 3 is 2.36 bits per heavy atom. The predicted molar refractivity (Wildman–Crippen MR) is 156 cm³/mol. The maximum atomic E-state index is 13.4. The van der Waals surface area contributed by atoms with Crippen molar-refractivity contribution in [1.29, 1.82) is 0 Å². The zero-order valence-corrected chi connectivity index (χ0v) is 22.7. The van der Waals surface area contributed by atoms with Crippen molar-refractivity contribution in [1.82, 2.24) is 0 Å². The van der Waals surface area contributed by atoms with E-state index in [0.717, 1.165) is 34.8 Å². The first-order chi connectivity index (χ1) is 21.1. The van der Waals surface area contributed by atoms with E-state index in [4.69, 9.17) is 9.84 Å². The molecule has 0 atom stereocenters. The fourth-order valence-electron chi connectivity index (χ4n) is 4.26. The number of rotatable bonds is 9. The number of hydrogen-bond donors (Lipinski definition) is 3. The van der Waals surface area contributed by atoms with Crippen molar-refractivity contribution in [3.8, 4) is 22.6 Å². The van der Waals surface area contributed by atoms with E-state index in [9.17, 15) is 27.9 Å². The van der Waals surface area contributed by atoms with E-state index in [-0.39, 0.29) is 47.5 Å². The topological polar surface area (TPSA) is 133 Å². The summed E-state index contributed by atoms with van der Waals surface area (Å²) in [4.78, 5) is 24.3. The summed E-state index contributed by atoms with van der Waals surface area (Å²) in [6.45, 7) is 0.0448. The molecule has 4 aromatic carbocycles. The number of ether oxygens (including phenoxy) is 2. The van der Waals surface area contributed by atoms with Gasteiger partial charge < -0.3 is 19.7 Å². The first-order valence-corrected chi connectivity index (χ1v) is 13.0. The number of amides is 1. The molecule has 0 bridgehead atoms. The molecule has 13 heteroatoms. The van der Waals surface area contributed by atoms with Crippen LogP contribution in [0.5, 0.6) is 11.5 Å². The van der Waals surface area contributed by atoms with Crippen molar-refractivity contribution in [2.24, 2.45) is 10.2 Å². The Bertz CT molecular complexity index is 1740. The van der Waals surface area contributed by atoms with Crippen LogP contribution < -0.4 is 15.2 Å². The Balaban J connectivity index is 1.41. The van der Waals surface area contributed by atoms with Gasteiger partial charge in [-0.25, -0.2) is 4.79 Å². The Morgan fingerprint density at radius 1 is 0.932 bits per heavy atom. The molecule has 0 saturated heterocycles. The van der Waals surface area contributed by atoms with Crippen LogP contribution in [0.2, 0.25) is 0 Å². The van der Waals surface area contributed by atoms with Crippen LogP contribution in [0.25, 0.3) is 11.1 Å². The number of carboxylic acid groups (broad SMARTS) is 1. The number of nitrogens with zero attached hydrogens (tertiary/aromatic N) is 3. The van der Waals surface area contributed by atoms with Crippen molar-refractivity contribution >= 4 is 34.9 Å². The van der Waals surface area contributed by atoms with Crippen LogP contribution in [-0.4, -0.2) is 40.3 Å². The Labute approximate surface area is 248 Å². The number of phenolic OH excluding ortho intramolecular Hbond substituents is 1. The van der Waals surface area contributed by atoms with Crippen molar-refractivity contribution < 1.29 is 42.4 Å². The molecule has 1 aliphatic heterocycles. The summed E-state index contributed by atoms with van der Waals surface area (Å²) in [7, 11) is 0. The van der Waals surface area contributed by atoms with Crippen molar-refractivity contribution in [2.45, 2.75) is 12.8 Å². The molecule has 0 saturated carbocycles. The molecule has 0 unspecified atom stereocenters. The van der Waals surface area contributed by atoms with Crippen LogP contribution in [0.1, 0.15) is 11.1 Å². The SMILES string of the molecule is O=C(O)Oc1cccc(-c2cccc(NN=C3C(=O)N(c4ccc(C(F)(F)F)cc4)N=C3COCc3ccccc3)c2O)c1. The molecule has 44 heavy (non-hydrogen) atoms. The second kappa shape index (κ2) is 12.7. The molecule has 0 aliphatic carbocycles. The highest BCUT2D eigenvalue weighted by Gasteiger charge is 2.35. The van der Waals surface area contributed by atoms with Gasteiger partial charge in [0.05, 0.1) is 30.2 Å². The summed E-state index contributed by atoms with van der Waals surface area (Å²) in [5.41, 5.74) is 3.52. The van der Waals surface area contributed by atoms with E-state index < -0.39 is 23.8 Å². The summed E-state index contributed by atoms with van der Waals surface area (Å²) in [5, 5.41) is 29.3. The fourth-order valence-corrected chi connectivity index (χ4v) is 4.26. The lowest BCUT2D eigenvalue weighted by molar-refractivity contribution is -0.137. The first kappa shape index (κ1) is 29.8. The Hall–Kier alpha value is -5.69. The standard InChI is InChI=1S/C31H23F3N4O6/c32-31(33,34)21-12-14-22(15-13-21)38-29(40)27(26(37-38)18-43-17-19-6-2-1-3-7-19)36-35-25-11-5-10-24(28(25)39)20-8-4-9-23(16-20)44-30(41)42/h1-16,35,39H,17-18H2,(H,41,42). The van der Waals surface area contributed by atoms with E-state index >= 15 is 0 Å². The molecular weight excluding hydrogens is 581 g/mol. The maximum absolute atomic E-state index is 13.4. The monoisotopic (exact) mass is 604 g/mol. The van der Waals surface area contributed by atoms with Gasteiger partial charge >= 0.3 is 18.2 Å². The highest BCUT2D eigenvalue weighted by Crippen LogP contribution is 2.37. The lowest BCUT2D eigenvalue weighted by Crippen LogP contribution is -2.29. The molecular formula is C31H23F3N4O6. The summed E-state index contributed by atoms with van der Waals surface area (Å²) < 4.78 is 49.7. The first-order valence-electron chi connectivity index (χ1n) is 13.0. The number of alkyl halides is 3. The minimum absolute atomic E-state index is 0.0456. The summed E-state index contributed by atoms with van der Waals surface area (Å²) in [5.74, 6) is -0.942. The number of anilines is 2. The quantitative estimate of drug-likeness (QED) is 0.0857. The molecule has 1 amide bonds. The molecule has 3 N–H and O–H groups in total. The van der Waals surface area contributed by atoms with Gasteiger partial charge in [0.1, 0.15) is 17.2 Å². The molecule has 10 nitrogen and oxygen atoms in total. The molecule has 1 aliphatic rings. The highest BCUT2D eigenvalue weighted by atomic mass is 19.4. The minimum Gasteiger partial charge on any atom is -0.505 e. The number of hydrazone groups is 2. The van der Waals surface area contributed by atoms with Gasteiger partial charge in [-0.2, -0.15) is 28.4 Å². The van der Waals surface area contributed by atoms with Crippen molar-refractivity contribution in [3.05, 3.63) is 108 Å². The van der Waals surface area contributed by atoms with Crippen LogP contribution in [0.3, 0.4) is 0 Å². The number of phenols is 1. The second-order valence-electron chi connectivity index (χ2n) is 9.36. The smallest absolute Gasteiger partial charge is 0.505 e. The van der Waals surface area contributed by atoms with Gasteiger partial charge in [0.25, 0.3) is 0 Å². The molecule has 0 aromatic heterocycles. The minimum atomic E-state index is -4.55. The molecule has 224 valence electrons. The fraction of sp³-hybridized carbons (Fsp3) is 0.0968. The second-order valence-corrected chi connectivity index (χ2v) is 9.36. The molecule has 0 radical (unpaired) electrons. The summed E-state index contributed by atoms with van der Waals surface area (Å²) in [6.07, 6.45) is -6.04. The van der Waals surface area contributed by atoms with Gasteiger partial charge in [-0.15, -0.1) is 0 Å². The van der Waals surface area contributed by atoms with Crippen LogP contribution in [-0.2, 0) is 22.3 Å². The number of benzene rings is 4. The normalized spacial score (nSPS) is 14.1. The lowest BCUT2D eigenvalue weighted by Gasteiger charge is -2.13. The van der Waals surface area contributed by atoms with Gasteiger partial charge in [0.15, 0.2) is 5.71 Å². The van der Waals surface area contributed by atoms with Crippen LogP contribution in [0.15, 0.2) is 107 Å². The highest BCUT2D eigenvalue weighted by molar-refractivity contribution is 6.72. The number of para-hydroxylation sites is 1. The third-order valence-corrected chi connectivity index (χ3v) is 6.35. The molecule has 0 fully saturated rings. The number of aromatic hydroxyl groups is 1. The average Bonchev–Trinajstić information content (AvgIpc) is 3.31.